The largest absolute Gasteiger partial charge is 0.461 e. The molecule has 0 aliphatic heterocycles. The number of ether oxygens (including phenoxy) is 1. The van der Waals surface area contributed by atoms with Crippen molar-refractivity contribution in [3.05, 3.63) is 37.2 Å². The van der Waals surface area contributed by atoms with Crippen molar-refractivity contribution in [2.24, 2.45) is 0 Å². The average Bonchev–Trinajstić information content (AvgIpc) is 3.07. The molecule has 1 atom stereocenters. The molecule has 0 aliphatic carbocycles. The maximum atomic E-state index is 11.0. The van der Waals surface area contributed by atoms with Gasteiger partial charge in [-0.2, -0.15) is 0 Å². The van der Waals surface area contributed by atoms with E-state index in [0.717, 1.165) is 11.3 Å². The van der Waals surface area contributed by atoms with E-state index in [2.05, 4.69) is 15.0 Å². The van der Waals surface area contributed by atoms with Gasteiger partial charge in [-0.15, -0.1) is 0 Å². The van der Waals surface area contributed by atoms with Crippen LogP contribution in [0.1, 0.15) is 13.8 Å². The summed E-state index contributed by atoms with van der Waals surface area (Å²) in [5, 5.41) is 0. The normalized spacial score (nSPS) is 12.5. The summed E-state index contributed by atoms with van der Waals surface area (Å²) in [6.07, 6.45) is 6.75. The first kappa shape index (κ1) is 13.3. The van der Waals surface area contributed by atoms with Gasteiger partial charge in [-0.3, -0.25) is 4.79 Å². The predicted molar refractivity (Wildman–Crippen MR) is 75.9 cm³/mol. The molecule has 3 rings (SSSR count). The Morgan fingerprint density at radius 2 is 2.05 bits per heavy atom. The quantitative estimate of drug-likeness (QED) is 0.680. The first-order chi connectivity index (χ1) is 10.1. The molecule has 108 valence electrons. The van der Waals surface area contributed by atoms with Crippen LogP contribution in [-0.4, -0.2) is 36.2 Å². The monoisotopic (exact) mass is 285 g/mol. The Labute approximate surface area is 121 Å². The summed E-state index contributed by atoms with van der Waals surface area (Å²) in [5.74, 6) is 0.450. The second-order valence-corrected chi connectivity index (χ2v) is 4.78. The number of hydrogen-bond acceptors (Lipinski definition) is 5. The van der Waals surface area contributed by atoms with Crippen LogP contribution in [0.25, 0.3) is 17.0 Å². The third-order valence-electron chi connectivity index (χ3n) is 3.06. The van der Waals surface area contributed by atoms with Gasteiger partial charge in [0.05, 0.1) is 12.9 Å². The standard InChI is InChI=1S/C14H15N5O2/c1-10(21-11(2)20)7-19-9-17-13-12(19)14(16-8-15-13)18-5-3-4-6-18/h3-6,8-10H,7H2,1-2H3. The van der Waals surface area contributed by atoms with Crippen molar-refractivity contribution in [1.82, 2.24) is 24.1 Å². The average molecular weight is 285 g/mol. The molecule has 7 nitrogen and oxygen atoms in total. The van der Waals surface area contributed by atoms with Crippen LogP contribution in [0.3, 0.4) is 0 Å². The second-order valence-electron chi connectivity index (χ2n) is 4.78. The van der Waals surface area contributed by atoms with E-state index < -0.39 is 0 Å². The maximum absolute atomic E-state index is 11.0. The molecule has 0 bridgehead atoms. The third-order valence-corrected chi connectivity index (χ3v) is 3.06. The smallest absolute Gasteiger partial charge is 0.302 e. The molecule has 1 unspecified atom stereocenters. The molecule has 0 spiro atoms. The van der Waals surface area contributed by atoms with E-state index in [1.807, 2.05) is 40.6 Å². The van der Waals surface area contributed by atoms with E-state index in [9.17, 15) is 4.79 Å². The van der Waals surface area contributed by atoms with Gasteiger partial charge in [0.2, 0.25) is 0 Å². The maximum Gasteiger partial charge on any atom is 0.302 e. The number of fused-ring (bicyclic) bond motifs is 1. The minimum atomic E-state index is -0.297. The van der Waals surface area contributed by atoms with Crippen LogP contribution >= 0.6 is 0 Å². The summed E-state index contributed by atoms with van der Waals surface area (Å²) in [4.78, 5) is 23.8. The molecule has 0 aliphatic rings. The number of hydrogen-bond donors (Lipinski definition) is 0. The van der Waals surface area contributed by atoms with Crippen molar-refractivity contribution < 1.29 is 9.53 Å². The van der Waals surface area contributed by atoms with Crippen molar-refractivity contribution in [1.29, 1.82) is 0 Å². The molecule has 0 aromatic carbocycles. The fraction of sp³-hybridized carbons (Fsp3) is 0.286. The van der Waals surface area contributed by atoms with E-state index in [-0.39, 0.29) is 12.1 Å². The van der Waals surface area contributed by atoms with Gasteiger partial charge in [0.15, 0.2) is 11.5 Å². The van der Waals surface area contributed by atoms with Crippen molar-refractivity contribution in [3.63, 3.8) is 0 Å². The van der Waals surface area contributed by atoms with Gasteiger partial charge in [0.25, 0.3) is 0 Å². The van der Waals surface area contributed by atoms with Gasteiger partial charge < -0.3 is 13.9 Å². The highest BCUT2D eigenvalue weighted by Gasteiger charge is 2.14. The van der Waals surface area contributed by atoms with Crippen molar-refractivity contribution in [2.45, 2.75) is 26.5 Å². The molecular formula is C14H15N5O2. The molecule has 21 heavy (non-hydrogen) atoms. The van der Waals surface area contributed by atoms with Gasteiger partial charge in [-0.25, -0.2) is 15.0 Å². The molecule has 3 aromatic heterocycles. The zero-order valence-corrected chi connectivity index (χ0v) is 11.8. The molecule has 7 heteroatoms. The van der Waals surface area contributed by atoms with Crippen LogP contribution in [0, 0.1) is 0 Å². The number of carbonyl (C=O) groups is 1. The highest BCUT2D eigenvalue weighted by Crippen LogP contribution is 2.18. The number of esters is 1. The molecular weight excluding hydrogens is 270 g/mol. The lowest BCUT2D eigenvalue weighted by Gasteiger charge is -2.14. The molecule has 0 fully saturated rings. The second kappa shape index (κ2) is 5.35. The summed E-state index contributed by atoms with van der Waals surface area (Å²) < 4.78 is 8.97. The minimum Gasteiger partial charge on any atom is -0.461 e. The summed E-state index contributed by atoms with van der Waals surface area (Å²) in [6.45, 7) is 3.74. The highest BCUT2D eigenvalue weighted by atomic mass is 16.5. The zero-order valence-electron chi connectivity index (χ0n) is 11.8. The Morgan fingerprint density at radius 1 is 1.29 bits per heavy atom. The number of aromatic nitrogens is 5. The van der Waals surface area contributed by atoms with E-state index >= 15 is 0 Å². The van der Waals surface area contributed by atoms with Crippen LogP contribution in [-0.2, 0) is 16.1 Å². The number of imidazole rings is 1. The Morgan fingerprint density at radius 3 is 2.76 bits per heavy atom. The summed E-state index contributed by atoms with van der Waals surface area (Å²) in [6, 6.07) is 3.85. The Hall–Kier alpha value is -2.70. The number of nitrogens with zero attached hydrogens (tertiary/aromatic N) is 5. The summed E-state index contributed by atoms with van der Waals surface area (Å²) in [7, 11) is 0. The van der Waals surface area contributed by atoms with Crippen LogP contribution in [0.2, 0.25) is 0 Å². The van der Waals surface area contributed by atoms with Crippen LogP contribution in [0.15, 0.2) is 37.2 Å². The Kier molecular flexibility index (Phi) is 3.39. The van der Waals surface area contributed by atoms with Gasteiger partial charge in [0.1, 0.15) is 17.9 Å². The molecule has 0 radical (unpaired) electrons. The Bertz CT molecular complexity index is 763. The number of rotatable bonds is 4. The van der Waals surface area contributed by atoms with Crippen molar-refractivity contribution >= 4 is 17.1 Å². The van der Waals surface area contributed by atoms with Gasteiger partial charge in [-0.05, 0) is 19.1 Å². The molecule has 3 aromatic rings. The Balaban J connectivity index is 2.02. The van der Waals surface area contributed by atoms with Crippen LogP contribution in [0.5, 0.6) is 0 Å². The molecule has 0 amide bonds. The first-order valence-electron chi connectivity index (χ1n) is 6.61. The number of carbonyl (C=O) groups excluding carboxylic acids is 1. The van der Waals surface area contributed by atoms with E-state index in [1.165, 1.54) is 13.3 Å². The lowest BCUT2D eigenvalue weighted by atomic mass is 10.3. The van der Waals surface area contributed by atoms with Crippen LogP contribution in [0.4, 0.5) is 0 Å². The third kappa shape index (κ3) is 2.62. The van der Waals surface area contributed by atoms with E-state index in [4.69, 9.17) is 4.74 Å². The fourth-order valence-electron chi connectivity index (χ4n) is 2.29. The van der Waals surface area contributed by atoms with Crippen molar-refractivity contribution in [3.8, 4) is 5.82 Å². The highest BCUT2D eigenvalue weighted by molar-refractivity contribution is 5.78. The molecule has 3 heterocycles. The lowest BCUT2D eigenvalue weighted by Crippen LogP contribution is -2.19. The summed E-state index contributed by atoms with van der Waals surface area (Å²) in [5.41, 5.74) is 1.43. The van der Waals surface area contributed by atoms with Gasteiger partial charge in [0, 0.05) is 19.3 Å². The van der Waals surface area contributed by atoms with Gasteiger partial charge >= 0.3 is 5.97 Å². The van der Waals surface area contributed by atoms with Gasteiger partial charge in [-0.1, -0.05) is 0 Å². The fourth-order valence-corrected chi connectivity index (χ4v) is 2.29. The molecule has 0 N–H and O–H groups in total. The van der Waals surface area contributed by atoms with Crippen molar-refractivity contribution in [2.75, 3.05) is 0 Å². The SMILES string of the molecule is CC(=O)OC(C)Cn1cnc2ncnc(-n3cccc3)c21. The summed E-state index contributed by atoms with van der Waals surface area (Å²) >= 11 is 0. The minimum absolute atomic E-state index is 0.252. The first-order valence-corrected chi connectivity index (χ1v) is 6.61. The molecule has 0 saturated heterocycles. The zero-order chi connectivity index (χ0) is 14.8. The lowest BCUT2D eigenvalue weighted by molar-refractivity contribution is -0.145. The topological polar surface area (TPSA) is 74.8 Å². The van der Waals surface area contributed by atoms with Crippen LogP contribution < -0.4 is 0 Å². The van der Waals surface area contributed by atoms with E-state index in [0.29, 0.717) is 12.2 Å². The molecule has 0 saturated carbocycles. The van der Waals surface area contributed by atoms with E-state index in [1.54, 1.807) is 6.33 Å². The predicted octanol–water partition coefficient (Wildman–Crippen LogP) is 1.57.